The van der Waals surface area contributed by atoms with E-state index < -0.39 is 0 Å². The minimum atomic E-state index is 0.437. The average molecular weight is 292 g/mol. The average Bonchev–Trinajstić information content (AvgIpc) is 2.67. The number of rotatable bonds is 3. The Bertz CT molecular complexity index is 440. The van der Waals surface area contributed by atoms with Gasteiger partial charge in [0.15, 0.2) is 0 Å². The second kappa shape index (κ2) is 4.58. The summed E-state index contributed by atoms with van der Waals surface area (Å²) in [5.41, 5.74) is 1.37. The van der Waals surface area contributed by atoms with E-state index in [9.17, 15) is 0 Å². The van der Waals surface area contributed by atoms with Gasteiger partial charge in [0.25, 0.3) is 0 Å². The Balaban J connectivity index is 1.64. The van der Waals surface area contributed by atoms with Crippen LogP contribution in [0.1, 0.15) is 31.4 Å². The molecule has 0 saturated heterocycles. The monoisotopic (exact) mass is 291 g/mol. The Hall–Kier alpha value is -0.600. The molecule has 1 fully saturated rings. The smallest absolute Gasteiger partial charge is 0.0294 e. The first-order valence-corrected chi connectivity index (χ1v) is 7.21. The van der Waals surface area contributed by atoms with Crippen molar-refractivity contribution in [2.24, 2.45) is 11.8 Å². The zero-order valence-corrected chi connectivity index (χ0v) is 11.7. The molecule has 0 bridgehead atoms. The lowest BCUT2D eigenvalue weighted by molar-refractivity contribution is 0.152. The summed E-state index contributed by atoms with van der Waals surface area (Å²) in [6.45, 7) is 2.26. The van der Waals surface area contributed by atoms with Gasteiger partial charge in [0.1, 0.15) is 0 Å². The maximum Gasteiger partial charge on any atom is 0.0294 e. The Morgan fingerprint density at radius 2 is 2.29 bits per heavy atom. The van der Waals surface area contributed by atoms with Crippen molar-refractivity contribution in [1.29, 1.82) is 0 Å². The number of benzene rings is 1. The largest absolute Gasteiger partial charge is 0.307 e. The number of fused-ring (bicyclic) bond motifs is 1. The van der Waals surface area contributed by atoms with Crippen LogP contribution in [-0.4, -0.2) is 6.04 Å². The summed E-state index contributed by atoms with van der Waals surface area (Å²) < 4.78 is 1.16. The first-order chi connectivity index (χ1) is 8.24. The number of halogens is 1. The molecule has 1 aromatic carbocycles. The van der Waals surface area contributed by atoms with Crippen LogP contribution in [-0.2, 0) is 0 Å². The third kappa shape index (κ3) is 2.21. The minimum Gasteiger partial charge on any atom is -0.307 e. The summed E-state index contributed by atoms with van der Waals surface area (Å²) in [7, 11) is 0. The zero-order chi connectivity index (χ0) is 11.8. The van der Waals surface area contributed by atoms with Crippen LogP contribution in [0, 0.1) is 11.8 Å². The molecule has 3 rings (SSSR count). The van der Waals surface area contributed by atoms with Gasteiger partial charge in [0, 0.05) is 16.6 Å². The highest BCUT2D eigenvalue weighted by molar-refractivity contribution is 9.10. The third-order valence-corrected chi connectivity index (χ3v) is 4.67. The molecule has 2 aliphatic carbocycles. The Morgan fingerprint density at radius 1 is 1.41 bits per heavy atom. The molecule has 0 spiro atoms. The zero-order valence-electron chi connectivity index (χ0n) is 10.1. The van der Waals surface area contributed by atoms with Crippen molar-refractivity contribution in [1.82, 2.24) is 5.32 Å². The molecule has 0 aromatic heterocycles. The Morgan fingerprint density at radius 3 is 3.06 bits per heavy atom. The Kier molecular flexibility index (Phi) is 3.10. The van der Waals surface area contributed by atoms with E-state index >= 15 is 0 Å². The predicted molar refractivity (Wildman–Crippen MR) is 74.8 cm³/mol. The van der Waals surface area contributed by atoms with E-state index in [4.69, 9.17) is 0 Å². The van der Waals surface area contributed by atoms with Crippen LogP contribution in [0.15, 0.2) is 40.9 Å². The minimum absolute atomic E-state index is 0.437. The first kappa shape index (κ1) is 11.5. The van der Waals surface area contributed by atoms with E-state index in [1.807, 2.05) is 0 Å². The lowest BCUT2D eigenvalue weighted by atomic mass is 9.71. The van der Waals surface area contributed by atoms with Crippen molar-refractivity contribution in [3.05, 3.63) is 46.5 Å². The molecule has 0 radical (unpaired) electrons. The molecule has 2 heteroatoms. The molecular formula is C15H18BrN. The molecule has 3 unspecified atom stereocenters. The standard InChI is InChI=1S/C15H18BrN/c1-10(11-4-2-6-13(16)8-11)17-15-9-12-5-3-7-14(12)15/h2-4,6-8,10,12,14-15,17H,5,9H2,1H3/t10-,12?,14?,15?/m1/s1. The molecule has 1 aromatic rings. The lowest BCUT2D eigenvalue weighted by Crippen LogP contribution is -2.48. The van der Waals surface area contributed by atoms with Crippen LogP contribution in [0.2, 0.25) is 0 Å². The quantitative estimate of drug-likeness (QED) is 0.828. The topological polar surface area (TPSA) is 12.0 Å². The lowest BCUT2D eigenvalue weighted by Gasteiger charge is -2.42. The molecule has 0 heterocycles. The summed E-state index contributed by atoms with van der Waals surface area (Å²) in [6.07, 6.45) is 7.39. The predicted octanol–water partition coefficient (Wildman–Crippen LogP) is 4.06. The summed E-state index contributed by atoms with van der Waals surface area (Å²) in [5.74, 6) is 1.73. The van der Waals surface area contributed by atoms with Crippen LogP contribution in [0.25, 0.3) is 0 Å². The van der Waals surface area contributed by atoms with E-state index in [1.54, 1.807) is 0 Å². The maximum absolute atomic E-state index is 3.76. The fourth-order valence-corrected chi connectivity index (χ4v) is 3.52. The number of allylic oxidation sites excluding steroid dienone is 1. The molecule has 1 saturated carbocycles. The van der Waals surface area contributed by atoms with Crippen LogP contribution in [0.5, 0.6) is 0 Å². The van der Waals surface area contributed by atoms with Crippen molar-refractivity contribution in [2.75, 3.05) is 0 Å². The van der Waals surface area contributed by atoms with Crippen molar-refractivity contribution in [3.8, 4) is 0 Å². The highest BCUT2D eigenvalue weighted by atomic mass is 79.9. The van der Waals surface area contributed by atoms with Gasteiger partial charge < -0.3 is 5.32 Å². The van der Waals surface area contributed by atoms with Crippen molar-refractivity contribution in [3.63, 3.8) is 0 Å². The molecule has 90 valence electrons. The number of hydrogen-bond donors (Lipinski definition) is 1. The molecule has 2 aliphatic rings. The maximum atomic E-state index is 3.76. The van der Waals surface area contributed by atoms with Crippen LogP contribution >= 0.6 is 15.9 Å². The highest BCUT2D eigenvalue weighted by Gasteiger charge is 2.41. The van der Waals surface area contributed by atoms with Gasteiger partial charge in [-0.1, -0.05) is 40.2 Å². The van der Waals surface area contributed by atoms with Gasteiger partial charge in [0.2, 0.25) is 0 Å². The normalized spacial score (nSPS) is 32.0. The molecule has 4 atom stereocenters. The second-order valence-electron chi connectivity index (χ2n) is 5.29. The van der Waals surface area contributed by atoms with Gasteiger partial charge in [-0.05, 0) is 49.3 Å². The van der Waals surface area contributed by atoms with Gasteiger partial charge >= 0.3 is 0 Å². The van der Waals surface area contributed by atoms with E-state index in [0.717, 1.165) is 16.3 Å². The molecule has 1 N–H and O–H groups in total. The van der Waals surface area contributed by atoms with E-state index in [0.29, 0.717) is 12.1 Å². The first-order valence-electron chi connectivity index (χ1n) is 6.42. The van der Waals surface area contributed by atoms with Crippen LogP contribution < -0.4 is 5.32 Å². The van der Waals surface area contributed by atoms with Crippen LogP contribution in [0.4, 0.5) is 0 Å². The fraction of sp³-hybridized carbons (Fsp3) is 0.467. The Labute approximate surface area is 111 Å². The van der Waals surface area contributed by atoms with Crippen molar-refractivity contribution < 1.29 is 0 Å². The SMILES string of the molecule is C[C@@H](NC1CC2CC=CC21)c1cccc(Br)c1. The van der Waals surface area contributed by atoms with Gasteiger partial charge in [0.05, 0.1) is 0 Å². The molecular weight excluding hydrogens is 274 g/mol. The second-order valence-corrected chi connectivity index (χ2v) is 6.20. The third-order valence-electron chi connectivity index (χ3n) is 4.18. The van der Waals surface area contributed by atoms with Gasteiger partial charge in [-0.25, -0.2) is 0 Å². The summed E-state index contributed by atoms with van der Waals surface area (Å²) in [5, 5.41) is 3.76. The summed E-state index contributed by atoms with van der Waals surface area (Å²) in [6, 6.07) is 9.72. The molecule has 17 heavy (non-hydrogen) atoms. The van der Waals surface area contributed by atoms with E-state index in [2.05, 4.69) is 64.6 Å². The summed E-state index contributed by atoms with van der Waals surface area (Å²) in [4.78, 5) is 0. The number of hydrogen-bond acceptors (Lipinski definition) is 1. The van der Waals surface area contributed by atoms with E-state index in [-0.39, 0.29) is 0 Å². The van der Waals surface area contributed by atoms with Gasteiger partial charge in [-0.3, -0.25) is 0 Å². The van der Waals surface area contributed by atoms with Crippen molar-refractivity contribution in [2.45, 2.75) is 31.8 Å². The fourth-order valence-electron chi connectivity index (χ4n) is 3.10. The molecule has 0 aliphatic heterocycles. The van der Waals surface area contributed by atoms with Gasteiger partial charge in [-0.15, -0.1) is 0 Å². The highest BCUT2D eigenvalue weighted by Crippen LogP contribution is 2.43. The van der Waals surface area contributed by atoms with Crippen LogP contribution in [0.3, 0.4) is 0 Å². The van der Waals surface area contributed by atoms with Crippen molar-refractivity contribution >= 4 is 15.9 Å². The molecule has 0 amide bonds. The summed E-state index contributed by atoms with van der Waals surface area (Å²) >= 11 is 3.53. The van der Waals surface area contributed by atoms with Gasteiger partial charge in [-0.2, -0.15) is 0 Å². The molecule has 1 nitrogen and oxygen atoms in total. The number of nitrogens with one attached hydrogen (secondary N) is 1. The van der Waals surface area contributed by atoms with E-state index in [1.165, 1.54) is 18.4 Å².